The van der Waals surface area contributed by atoms with E-state index in [1.54, 1.807) is 0 Å². The average molecular weight is 164 g/mol. The maximum atomic E-state index is 10.7. The van der Waals surface area contributed by atoms with E-state index in [1.807, 2.05) is 6.08 Å². The van der Waals surface area contributed by atoms with Gasteiger partial charge in [0.15, 0.2) is 0 Å². The SMILES string of the molecule is C=CCC1CC(C2CC(=O)C2)C1. The summed E-state index contributed by atoms with van der Waals surface area (Å²) in [5.41, 5.74) is 0. The Hall–Kier alpha value is -0.590. The summed E-state index contributed by atoms with van der Waals surface area (Å²) in [5, 5.41) is 0. The van der Waals surface area contributed by atoms with E-state index >= 15 is 0 Å². The molecule has 0 saturated heterocycles. The fourth-order valence-electron chi connectivity index (χ4n) is 2.46. The summed E-state index contributed by atoms with van der Waals surface area (Å²) in [6, 6.07) is 0. The molecule has 66 valence electrons. The van der Waals surface area contributed by atoms with Crippen LogP contribution in [0.1, 0.15) is 32.1 Å². The van der Waals surface area contributed by atoms with E-state index in [4.69, 9.17) is 0 Å². The standard InChI is InChI=1S/C11H16O/c1-2-3-8-4-9(5-8)10-6-11(12)7-10/h2,8-10H,1,3-7H2. The molecule has 0 aromatic heterocycles. The Morgan fingerprint density at radius 2 is 2.00 bits per heavy atom. The van der Waals surface area contributed by atoms with Gasteiger partial charge in [0.25, 0.3) is 0 Å². The van der Waals surface area contributed by atoms with E-state index in [1.165, 1.54) is 19.3 Å². The first kappa shape index (κ1) is 8.03. The molecule has 12 heavy (non-hydrogen) atoms. The van der Waals surface area contributed by atoms with Crippen LogP contribution < -0.4 is 0 Å². The Morgan fingerprint density at radius 3 is 2.50 bits per heavy atom. The first-order valence-electron chi connectivity index (χ1n) is 4.92. The summed E-state index contributed by atoms with van der Waals surface area (Å²) in [6.45, 7) is 3.74. The van der Waals surface area contributed by atoms with Crippen molar-refractivity contribution in [3.8, 4) is 0 Å². The van der Waals surface area contributed by atoms with Crippen LogP contribution >= 0.6 is 0 Å². The molecule has 0 aromatic rings. The number of Topliss-reactive ketones (excluding diaryl/α,β-unsaturated/α-hetero) is 1. The zero-order chi connectivity index (χ0) is 8.55. The lowest BCUT2D eigenvalue weighted by Gasteiger charge is -2.43. The number of ketones is 1. The lowest BCUT2D eigenvalue weighted by Crippen LogP contribution is -2.37. The van der Waals surface area contributed by atoms with Gasteiger partial charge < -0.3 is 0 Å². The number of hydrogen-bond donors (Lipinski definition) is 0. The summed E-state index contributed by atoms with van der Waals surface area (Å²) in [4.78, 5) is 10.7. The monoisotopic (exact) mass is 164 g/mol. The third kappa shape index (κ3) is 1.33. The van der Waals surface area contributed by atoms with Crippen LogP contribution in [0.3, 0.4) is 0 Å². The highest BCUT2D eigenvalue weighted by atomic mass is 16.1. The topological polar surface area (TPSA) is 17.1 Å². The van der Waals surface area contributed by atoms with E-state index in [2.05, 4.69) is 6.58 Å². The van der Waals surface area contributed by atoms with Crippen LogP contribution in [0.2, 0.25) is 0 Å². The van der Waals surface area contributed by atoms with Crippen LogP contribution in [0.15, 0.2) is 12.7 Å². The van der Waals surface area contributed by atoms with E-state index in [0.717, 1.165) is 30.6 Å². The van der Waals surface area contributed by atoms with Crippen LogP contribution in [0.25, 0.3) is 0 Å². The second-order valence-electron chi connectivity index (χ2n) is 4.33. The van der Waals surface area contributed by atoms with Crippen LogP contribution in [0.4, 0.5) is 0 Å². The van der Waals surface area contributed by atoms with Gasteiger partial charge in [0.05, 0.1) is 0 Å². The molecular weight excluding hydrogens is 148 g/mol. The Kier molecular flexibility index (Phi) is 2.03. The molecule has 1 nitrogen and oxygen atoms in total. The zero-order valence-electron chi connectivity index (χ0n) is 7.46. The molecule has 0 radical (unpaired) electrons. The van der Waals surface area contributed by atoms with Crippen molar-refractivity contribution in [1.82, 2.24) is 0 Å². The van der Waals surface area contributed by atoms with Gasteiger partial charge in [-0.1, -0.05) is 6.08 Å². The average Bonchev–Trinajstić information content (AvgIpc) is 1.90. The van der Waals surface area contributed by atoms with Gasteiger partial charge in [0.1, 0.15) is 5.78 Å². The minimum absolute atomic E-state index is 0.479. The third-order valence-electron chi connectivity index (χ3n) is 3.42. The Labute approximate surface area is 73.8 Å². The van der Waals surface area contributed by atoms with Crippen molar-refractivity contribution in [2.75, 3.05) is 0 Å². The molecule has 2 saturated carbocycles. The van der Waals surface area contributed by atoms with Gasteiger partial charge in [-0.15, -0.1) is 6.58 Å². The molecule has 0 amide bonds. The summed E-state index contributed by atoms with van der Waals surface area (Å²) < 4.78 is 0. The Balaban J connectivity index is 1.68. The van der Waals surface area contributed by atoms with Crippen molar-refractivity contribution in [2.24, 2.45) is 17.8 Å². The molecule has 0 spiro atoms. The number of carbonyl (C=O) groups excluding carboxylic acids is 1. The van der Waals surface area contributed by atoms with Crippen molar-refractivity contribution in [3.63, 3.8) is 0 Å². The summed E-state index contributed by atoms with van der Waals surface area (Å²) >= 11 is 0. The number of rotatable bonds is 3. The lowest BCUT2D eigenvalue weighted by atomic mass is 9.61. The first-order chi connectivity index (χ1) is 5.79. The van der Waals surface area contributed by atoms with Crippen LogP contribution in [-0.2, 0) is 4.79 Å². The molecule has 0 aromatic carbocycles. The maximum absolute atomic E-state index is 10.7. The first-order valence-corrected chi connectivity index (χ1v) is 4.92. The zero-order valence-corrected chi connectivity index (χ0v) is 7.46. The van der Waals surface area contributed by atoms with E-state index in [9.17, 15) is 4.79 Å². The quantitative estimate of drug-likeness (QED) is 0.586. The Morgan fingerprint density at radius 1 is 1.33 bits per heavy atom. The van der Waals surface area contributed by atoms with Gasteiger partial charge in [-0.05, 0) is 37.0 Å². The van der Waals surface area contributed by atoms with E-state index < -0.39 is 0 Å². The molecule has 2 rings (SSSR count). The van der Waals surface area contributed by atoms with Gasteiger partial charge in [-0.2, -0.15) is 0 Å². The molecule has 2 fully saturated rings. The molecule has 0 bridgehead atoms. The summed E-state index contributed by atoms with van der Waals surface area (Å²) in [5.74, 6) is 3.02. The van der Waals surface area contributed by atoms with Crippen LogP contribution in [-0.4, -0.2) is 5.78 Å². The number of allylic oxidation sites excluding steroid dienone is 1. The molecule has 1 heteroatoms. The third-order valence-corrected chi connectivity index (χ3v) is 3.42. The minimum atomic E-state index is 0.479. The van der Waals surface area contributed by atoms with E-state index in [-0.39, 0.29) is 0 Å². The fourth-order valence-corrected chi connectivity index (χ4v) is 2.46. The van der Waals surface area contributed by atoms with Gasteiger partial charge in [0.2, 0.25) is 0 Å². The predicted molar refractivity (Wildman–Crippen MR) is 48.8 cm³/mol. The van der Waals surface area contributed by atoms with E-state index in [0.29, 0.717) is 5.78 Å². The molecule has 0 aliphatic heterocycles. The molecule has 0 atom stereocenters. The van der Waals surface area contributed by atoms with Gasteiger partial charge in [-0.3, -0.25) is 4.79 Å². The summed E-state index contributed by atoms with van der Waals surface area (Å²) in [6.07, 6.45) is 7.66. The van der Waals surface area contributed by atoms with Crippen LogP contribution in [0.5, 0.6) is 0 Å². The smallest absolute Gasteiger partial charge is 0.133 e. The largest absolute Gasteiger partial charge is 0.300 e. The maximum Gasteiger partial charge on any atom is 0.133 e. The minimum Gasteiger partial charge on any atom is -0.300 e. The fraction of sp³-hybridized carbons (Fsp3) is 0.727. The van der Waals surface area contributed by atoms with Crippen LogP contribution in [0, 0.1) is 17.8 Å². The van der Waals surface area contributed by atoms with Crippen molar-refractivity contribution in [1.29, 1.82) is 0 Å². The highest BCUT2D eigenvalue weighted by molar-refractivity contribution is 5.84. The molecule has 0 N–H and O–H groups in total. The normalized spacial score (nSPS) is 35.5. The summed E-state index contributed by atoms with van der Waals surface area (Å²) in [7, 11) is 0. The van der Waals surface area contributed by atoms with Gasteiger partial charge in [0, 0.05) is 12.8 Å². The number of hydrogen-bond acceptors (Lipinski definition) is 1. The Bertz CT molecular complexity index is 193. The second kappa shape index (κ2) is 3.04. The van der Waals surface area contributed by atoms with Gasteiger partial charge >= 0.3 is 0 Å². The van der Waals surface area contributed by atoms with Crippen molar-refractivity contribution in [2.45, 2.75) is 32.1 Å². The molecule has 0 heterocycles. The highest BCUT2D eigenvalue weighted by Gasteiger charge is 2.40. The van der Waals surface area contributed by atoms with Crippen molar-refractivity contribution < 1.29 is 4.79 Å². The van der Waals surface area contributed by atoms with Crippen molar-refractivity contribution in [3.05, 3.63) is 12.7 Å². The number of carbonyl (C=O) groups is 1. The predicted octanol–water partition coefficient (Wildman–Crippen LogP) is 2.57. The molecule has 2 aliphatic rings. The highest BCUT2D eigenvalue weighted by Crippen LogP contribution is 2.46. The second-order valence-corrected chi connectivity index (χ2v) is 4.33. The molecule has 0 unspecified atom stereocenters. The lowest BCUT2D eigenvalue weighted by molar-refractivity contribution is -0.130. The van der Waals surface area contributed by atoms with Gasteiger partial charge in [-0.25, -0.2) is 0 Å². The molecular formula is C11H16O. The van der Waals surface area contributed by atoms with Crippen molar-refractivity contribution >= 4 is 5.78 Å². The molecule has 2 aliphatic carbocycles.